The number of benzene rings is 6. The molecule has 0 aromatic heterocycles. The molecule has 2 aliphatic rings. The van der Waals surface area contributed by atoms with Crippen LogP contribution in [0.3, 0.4) is 0 Å². The standard InChI is InChI=1S/C45H35N3O4/c1-24-6-8-29(9-7-24)31-12-16-36-38(22-31)44(51)47(42(36)49)40-25(2)18-33(19-26(40)3)34-20-27(4)41(28(5)21-34)48-43(50)37-17-13-32(23-39(37)45(48)52)30-10-14-35(46)15-11-30/h6-23H,46H2,1-5H3. The van der Waals surface area contributed by atoms with Gasteiger partial charge in [-0.05, 0) is 151 Å². The van der Waals surface area contributed by atoms with Crippen LogP contribution in [0.5, 0.6) is 0 Å². The SMILES string of the molecule is Cc1ccc(-c2ccc3c(c2)C(=O)N(c2c(C)cc(-c4cc(C)c(N5C(=O)c6ccc(-c7ccc(N)cc7)cc6C5=O)c(C)c4)cc2C)C3=O)cc1. The minimum absolute atomic E-state index is 0.341. The van der Waals surface area contributed by atoms with Gasteiger partial charge in [0, 0.05) is 5.69 Å². The van der Waals surface area contributed by atoms with Gasteiger partial charge in [0.05, 0.1) is 33.6 Å². The highest BCUT2D eigenvalue weighted by Gasteiger charge is 2.40. The molecule has 2 N–H and O–H groups in total. The molecule has 8 rings (SSSR count). The maximum Gasteiger partial charge on any atom is 0.266 e. The van der Waals surface area contributed by atoms with Crippen molar-refractivity contribution in [2.75, 3.05) is 15.5 Å². The molecule has 0 aliphatic carbocycles. The summed E-state index contributed by atoms with van der Waals surface area (Å²) >= 11 is 0. The summed E-state index contributed by atoms with van der Waals surface area (Å²) in [6.07, 6.45) is 0. The topological polar surface area (TPSA) is 101 Å². The van der Waals surface area contributed by atoms with Gasteiger partial charge in [-0.25, -0.2) is 9.80 Å². The van der Waals surface area contributed by atoms with Gasteiger partial charge >= 0.3 is 0 Å². The van der Waals surface area contributed by atoms with Crippen molar-refractivity contribution in [3.05, 3.63) is 159 Å². The van der Waals surface area contributed by atoms with Crippen LogP contribution in [0, 0.1) is 34.6 Å². The van der Waals surface area contributed by atoms with Gasteiger partial charge in [-0.15, -0.1) is 0 Å². The van der Waals surface area contributed by atoms with E-state index in [1.165, 1.54) is 9.80 Å². The summed E-state index contributed by atoms with van der Waals surface area (Å²) < 4.78 is 0. The smallest absolute Gasteiger partial charge is 0.266 e. The molecule has 4 amide bonds. The second-order valence-corrected chi connectivity index (χ2v) is 13.8. The number of fused-ring (bicyclic) bond motifs is 2. The van der Waals surface area contributed by atoms with E-state index < -0.39 is 0 Å². The van der Waals surface area contributed by atoms with Crippen molar-refractivity contribution in [1.82, 2.24) is 0 Å². The normalized spacial score (nSPS) is 13.6. The number of aryl methyl sites for hydroxylation is 5. The number of carbonyl (C=O) groups is 4. The molecule has 52 heavy (non-hydrogen) atoms. The Hall–Kier alpha value is -6.60. The number of imide groups is 2. The van der Waals surface area contributed by atoms with Crippen LogP contribution in [0.1, 0.15) is 69.2 Å². The highest BCUT2D eigenvalue weighted by atomic mass is 16.2. The molecule has 7 nitrogen and oxygen atoms in total. The number of nitrogens with two attached hydrogens (primary N) is 1. The number of nitrogens with zero attached hydrogens (tertiary/aromatic N) is 2. The van der Waals surface area contributed by atoms with Crippen LogP contribution in [0.15, 0.2) is 109 Å². The van der Waals surface area contributed by atoms with Crippen LogP contribution in [-0.2, 0) is 0 Å². The average molecular weight is 682 g/mol. The van der Waals surface area contributed by atoms with Gasteiger partial charge in [-0.2, -0.15) is 0 Å². The molecule has 0 saturated carbocycles. The van der Waals surface area contributed by atoms with Crippen molar-refractivity contribution < 1.29 is 19.2 Å². The van der Waals surface area contributed by atoms with E-state index in [0.29, 0.717) is 39.3 Å². The molecule has 0 unspecified atom stereocenters. The molecule has 0 fully saturated rings. The van der Waals surface area contributed by atoms with Gasteiger partial charge < -0.3 is 5.73 Å². The molecule has 0 bridgehead atoms. The highest BCUT2D eigenvalue weighted by Crippen LogP contribution is 2.40. The molecule has 0 saturated heterocycles. The van der Waals surface area contributed by atoms with Crippen LogP contribution in [-0.4, -0.2) is 23.6 Å². The molecule has 254 valence electrons. The van der Waals surface area contributed by atoms with Crippen molar-refractivity contribution in [3.8, 4) is 33.4 Å². The fourth-order valence-corrected chi connectivity index (χ4v) is 7.62. The highest BCUT2D eigenvalue weighted by molar-refractivity contribution is 6.36. The Kier molecular flexibility index (Phi) is 7.54. The lowest BCUT2D eigenvalue weighted by Gasteiger charge is -2.22. The molecule has 0 radical (unpaired) electrons. The van der Waals surface area contributed by atoms with E-state index in [-0.39, 0.29) is 23.6 Å². The van der Waals surface area contributed by atoms with Crippen molar-refractivity contribution in [3.63, 3.8) is 0 Å². The molecular formula is C45H35N3O4. The van der Waals surface area contributed by atoms with Gasteiger partial charge in [0.15, 0.2) is 0 Å². The number of amides is 4. The van der Waals surface area contributed by atoms with E-state index in [1.807, 2.05) is 107 Å². The Morgan fingerprint density at radius 3 is 1.08 bits per heavy atom. The maximum atomic E-state index is 13.8. The third-order valence-corrected chi connectivity index (χ3v) is 10.2. The summed E-state index contributed by atoms with van der Waals surface area (Å²) in [6.45, 7) is 9.62. The van der Waals surface area contributed by atoms with Crippen molar-refractivity contribution in [2.24, 2.45) is 0 Å². The predicted octanol–water partition coefficient (Wildman–Crippen LogP) is 9.41. The van der Waals surface area contributed by atoms with Crippen molar-refractivity contribution in [1.29, 1.82) is 0 Å². The monoisotopic (exact) mass is 681 g/mol. The zero-order valence-electron chi connectivity index (χ0n) is 29.5. The minimum atomic E-state index is -0.362. The maximum absolute atomic E-state index is 13.8. The molecule has 6 aromatic rings. The molecule has 7 heteroatoms. The summed E-state index contributed by atoms with van der Waals surface area (Å²) in [5.74, 6) is -1.40. The van der Waals surface area contributed by atoms with Gasteiger partial charge in [-0.1, -0.05) is 54.1 Å². The number of nitrogen functional groups attached to an aromatic ring is 1. The fraction of sp³-hybridized carbons (Fsp3) is 0.111. The first-order valence-electron chi connectivity index (χ1n) is 17.1. The number of carbonyl (C=O) groups excluding carboxylic acids is 4. The molecule has 0 spiro atoms. The Morgan fingerprint density at radius 1 is 0.365 bits per heavy atom. The van der Waals surface area contributed by atoms with E-state index in [1.54, 1.807) is 36.4 Å². The third kappa shape index (κ3) is 5.12. The van der Waals surface area contributed by atoms with E-state index >= 15 is 0 Å². The molecule has 2 heterocycles. The van der Waals surface area contributed by atoms with E-state index in [9.17, 15) is 19.2 Å². The summed E-state index contributed by atoms with van der Waals surface area (Å²) in [7, 11) is 0. The Labute approximate surface area is 301 Å². The summed E-state index contributed by atoms with van der Waals surface area (Å²) in [4.78, 5) is 57.6. The molecular weight excluding hydrogens is 647 g/mol. The second-order valence-electron chi connectivity index (χ2n) is 13.8. The zero-order chi connectivity index (χ0) is 36.6. The predicted molar refractivity (Wildman–Crippen MR) is 206 cm³/mol. The fourth-order valence-electron chi connectivity index (χ4n) is 7.62. The van der Waals surface area contributed by atoms with Gasteiger partial charge in [0.1, 0.15) is 0 Å². The summed E-state index contributed by atoms with van der Waals surface area (Å²) in [5, 5.41) is 0. The largest absolute Gasteiger partial charge is 0.399 e. The number of hydrogen-bond donors (Lipinski definition) is 1. The molecule has 2 aliphatic heterocycles. The van der Waals surface area contributed by atoms with Crippen LogP contribution in [0.4, 0.5) is 17.1 Å². The minimum Gasteiger partial charge on any atom is -0.399 e. The van der Waals surface area contributed by atoms with E-state index in [0.717, 1.165) is 61.2 Å². The zero-order valence-corrected chi connectivity index (χ0v) is 29.5. The number of anilines is 3. The summed E-state index contributed by atoms with van der Waals surface area (Å²) in [5.41, 5.74) is 18.8. The van der Waals surface area contributed by atoms with Crippen molar-refractivity contribution >= 4 is 40.7 Å². The van der Waals surface area contributed by atoms with Crippen LogP contribution in [0.25, 0.3) is 33.4 Å². The van der Waals surface area contributed by atoms with Gasteiger partial charge in [0.25, 0.3) is 23.6 Å². The van der Waals surface area contributed by atoms with E-state index in [2.05, 4.69) is 0 Å². The first kappa shape index (κ1) is 32.6. The lowest BCUT2D eigenvalue weighted by atomic mass is 9.94. The quantitative estimate of drug-likeness (QED) is 0.144. The van der Waals surface area contributed by atoms with Crippen LogP contribution >= 0.6 is 0 Å². The second kappa shape index (κ2) is 12.0. The lowest BCUT2D eigenvalue weighted by Crippen LogP contribution is -2.31. The Balaban J connectivity index is 1.09. The summed E-state index contributed by atoms with van der Waals surface area (Å²) in [6, 6.07) is 34.1. The third-order valence-electron chi connectivity index (χ3n) is 10.2. The first-order chi connectivity index (χ1) is 24.9. The lowest BCUT2D eigenvalue weighted by molar-refractivity contribution is 0.0910. The van der Waals surface area contributed by atoms with Crippen LogP contribution < -0.4 is 15.5 Å². The van der Waals surface area contributed by atoms with Crippen molar-refractivity contribution in [2.45, 2.75) is 34.6 Å². The number of hydrogen-bond acceptors (Lipinski definition) is 5. The van der Waals surface area contributed by atoms with Gasteiger partial charge in [-0.3, -0.25) is 19.2 Å². The Bertz CT molecular complexity index is 2320. The van der Waals surface area contributed by atoms with E-state index in [4.69, 9.17) is 5.73 Å². The average Bonchev–Trinajstić information content (AvgIpc) is 3.51. The number of rotatable bonds is 5. The van der Waals surface area contributed by atoms with Crippen LogP contribution in [0.2, 0.25) is 0 Å². The molecule has 6 aromatic carbocycles. The first-order valence-corrected chi connectivity index (χ1v) is 17.1. The molecule has 0 atom stereocenters. The Morgan fingerprint density at radius 2 is 0.692 bits per heavy atom. The van der Waals surface area contributed by atoms with Gasteiger partial charge in [0.2, 0.25) is 0 Å².